The second kappa shape index (κ2) is 3.97. The highest BCUT2D eigenvalue weighted by Crippen LogP contribution is 2.28. The zero-order valence-electron chi connectivity index (χ0n) is 8.83. The topological polar surface area (TPSA) is 50.4 Å². The normalized spacial score (nSPS) is 20.6. The maximum absolute atomic E-state index is 9.62. The van der Waals surface area contributed by atoms with Crippen molar-refractivity contribution in [2.75, 3.05) is 5.75 Å². The number of nitrogens with zero attached hydrogens (tertiary/aromatic N) is 3. The third-order valence-electron chi connectivity index (χ3n) is 2.82. The Balaban J connectivity index is 1.90. The number of fused-ring (bicyclic) bond motifs is 1. The third kappa shape index (κ3) is 1.75. The Bertz CT molecular complexity index is 505. The predicted octanol–water partition coefficient (Wildman–Crippen LogP) is 1.87. The van der Waals surface area contributed by atoms with Crippen molar-refractivity contribution in [2.24, 2.45) is 0 Å². The van der Waals surface area contributed by atoms with Crippen LogP contribution in [0.15, 0.2) is 18.3 Å². The number of rotatable bonds is 2. The number of pyridine rings is 1. The van der Waals surface area contributed by atoms with E-state index in [-0.39, 0.29) is 5.75 Å². The van der Waals surface area contributed by atoms with Crippen LogP contribution in [-0.2, 0) is 6.42 Å². The predicted molar refractivity (Wildman–Crippen MR) is 63.8 cm³/mol. The molecule has 0 saturated carbocycles. The van der Waals surface area contributed by atoms with Crippen LogP contribution in [0, 0.1) is 0 Å². The Kier molecular flexibility index (Phi) is 2.47. The molecule has 1 aliphatic rings. The van der Waals surface area contributed by atoms with Gasteiger partial charge in [0.1, 0.15) is 0 Å². The van der Waals surface area contributed by atoms with Crippen molar-refractivity contribution in [1.29, 1.82) is 0 Å². The van der Waals surface area contributed by atoms with Gasteiger partial charge in [-0.05, 0) is 30.7 Å². The van der Waals surface area contributed by atoms with Crippen LogP contribution in [0.25, 0.3) is 5.65 Å². The second-order valence-corrected chi connectivity index (χ2v) is 5.44. The molecule has 2 aromatic heterocycles. The summed E-state index contributed by atoms with van der Waals surface area (Å²) >= 11 is 2.00. The largest absolute Gasteiger partial charge is 0.504 e. The van der Waals surface area contributed by atoms with Gasteiger partial charge in [0, 0.05) is 17.9 Å². The summed E-state index contributed by atoms with van der Waals surface area (Å²) in [5.41, 5.74) is 0.556. The highest BCUT2D eigenvalue weighted by Gasteiger charge is 2.18. The lowest BCUT2D eigenvalue weighted by atomic mass is 10.2. The molecule has 84 valence electrons. The zero-order valence-corrected chi connectivity index (χ0v) is 9.65. The Labute approximate surface area is 97.7 Å². The van der Waals surface area contributed by atoms with Gasteiger partial charge in [-0.3, -0.25) is 0 Å². The minimum atomic E-state index is 0.195. The van der Waals surface area contributed by atoms with Gasteiger partial charge in [0.25, 0.3) is 0 Å². The molecule has 1 atom stereocenters. The average molecular weight is 235 g/mol. The minimum Gasteiger partial charge on any atom is -0.504 e. The van der Waals surface area contributed by atoms with E-state index in [0.29, 0.717) is 10.9 Å². The van der Waals surface area contributed by atoms with Crippen molar-refractivity contribution in [3.8, 4) is 5.75 Å². The molecule has 1 saturated heterocycles. The van der Waals surface area contributed by atoms with Crippen LogP contribution in [0.2, 0.25) is 0 Å². The van der Waals surface area contributed by atoms with Crippen molar-refractivity contribution in [3.05, 3.63) is 24.2 Å². The summed E-state index contributed by atoms with van der Waals surface area (Å²) in [6, 6.07) is 3.41. The van der Waals surface area contributed by atoms with Gasteiger partial charge >= 0.3 is 0 Å². The molecule has 1 fully saturated rings. The van der Waals surface area contributed by atoms with E-state index < -0.39 is 0 Å². The summed E-state index contributed by atoms with van der Waals surface area (Å²) in [6.07, 6.45) is 5.28. The van der Waals surface area contributed by atoms with Gasteiger partial charge in [0.05, 0.1) is 0 Å². The maximum Gasteiger partial charge on any atom is 0.197 e. The Morgan fingerprint density at radius 1 is 1.56 bits per heavy atom. The van der Waals surface area contributed by atoms with Gasteiger partial charge in [-0.15, -0.1) is 0 Å². The van der Waals surface area contributed by atoms with E-state index in [1.54, 1.807) is 16.6 Å². The molecule has 0 radical (unpaired) electrons. The number of aromatic hydroxyl groups is 1. The van der Waals surface area contributed by atoms with E-state index in [1.165, 1.54) is 18.6 Å². The van der Waals surface area contributed by atoms with Gasteiger partial charge in [-0.1, -0.05) is 0 Å². The SMILES string of the molecule is Oc1cccn2nc(CC3CCCS3)nc12. The summed E-state index contributed by atoms with van der Waals surface area (Å²) < 4.78 is 1.64. The first kappa shape index (κ1) is 9.96. The molecule has 2 aromatic rings. The van der Waals surface area contributed by atoms with Gasteiger partial charge in [-0.25, -0.2) is 9.50 Å². The van der Waals surface area contributed by atoms with Crippen LogP contribution >= 0.6 is 11.8 Å². The molecular weight excluding hydrogens is 222 g/mol. The Morgan fingerprint density at radius 3 is 3.25 bits per heavy atom. The van der Waals surface area contributed by atoms with Crippen LogP contribution in [0.5, 0.6) is 5.75 Å². The molecule has 1 N–H and O–H groups in total. The van der Waals surface area contributed by atoms with Crippen molar-refractivity contribution < 1.29 is 5.11 Å². The van der Waals surface area contributed by atoms with E-state index in [1.807, 2.05) is 18.0 Å². The number of thioether (sulfide) groups is 1. The molecule has 1 aliphatic heterocycles. The molecule has 3 heterocycles. The standard InChI is InChI=1S/C11H13N3OS/c15-9-4-1-5-14-11(9)12-10(13-14)7-8-3-2-6-16-8/h1,4-5,8,15H,2-3,6-7H2. The summed E-state index contributed by atoms with van der Waals surface area (Å²) in [5.74, 6) is 2.28. The fraction of sp³-hybridized carbons (Fsp3) is 0.455. The Morgan fingerprint density at radius 2 is 2.50 bits per heavy atom. The van der Waals surface area contributed by atoms with Crippen molar-refractivity contribution >= 4 is 17.4 Å². The summed E-state index contributed by atoms with van der Waals surface area (Å²) in [5, 5.41) is 14.6. The fourth-order valence-corrected chi connectivity index (χ4v) is 3.30. The Hall–Kier alpha value is -1.23. The van der Waals surface area contributed by atoms with E-state index in [2.05, 4.69) is 10.1 Å². The molecule has 0 aromatic carbocycles. The molecule has 5 heteroatoms. The van der Waals surface area contributed by atoms with Crippen LogP contribution < -0.4 is 0 Å². The quantitative estimate of drug-likeness (QED) is 0.863. The van der Waals surface area contributed by atoms with E-state index >= 15 is 0 Å². The fourth-order valence-electron chi connectivity index (χ4n) is 2.03. The molecule has 3 rings (SSSR count). The van der Waals surface area contributed by atoms with Crippen molar-refractivity contribution in [3.63, 3.8) is 0 Å². The molecule has 0 aliphatic carbocycles. The molecule has 4 nitrogen and oxygen atoms in total. The summed E-state index contributed by atoms with van der Waals surface area (Å²) in [6.45, 7) is 0. The first-order valence-electron chi connectivity index (χ1n) is 5.48. The van der Waals surface area contributed by atoms with E-state index in [4.69, 9.17) is 0 Å². The minimum absolute atomic E-state index is 0.195. The molecular formula is C11H13N3OS. The smallest absolute Gasteiger partial charge is 0.197 e. The van der Waals surface area contributed by atoms with E-state index in [0.717, 1.165) is 12.2 Å². The van der Waals surface area contributed by atoms with Crippen molar-refractivity contribution in [2.45, 2.75) is 24.5 Å². The highest BCUT2D eigenvalue weighted by atomic mass is 32.2. The number of aromatic nitrogens is 3. The number of hydrogen-bond acceptors (Lipinski definition) is 4. The third-order valence-corrected chi connectivity index (χ3v) is 4.22. The van der Waals surface area contributed by atoms with Gasteiger partial charge in [0.2, 0.25) is 0 Å². The van der Waals surface area contributed by atoms with Crippen molar-refractivity contribution in [1.82, 2.24) is 14.6 Å². The molecule has 0 amide bonds. The zero-order chi connectivity index (χ0) is 11.0. The first-order chi connectivity index (χ1) is 7.83. The van der Waals surface area contributed by atoms with Gasteiger partial charge in [-0.2, -0.15) is 16.9 Å². The average Bonchev–Trinajstić information content (AvgIpc) is 2.88. The van der Waals surface area contributed by atoms with Crippen LogP contribution in [0.4, 0.5) is 0 Å². The second-order valence-electron chi connectivity index (χ2n) is 4.03. The maximum atomic E-state index is 9.62. The lowest BCUT2D eigenvalue weighted by molar-refractivity contribution is 0.477. The molecule has 0 spiro atoms. The monoisotopic (exact) mass is 235 g/mol. The van der Waals surface area contributed by atoms with Crippen LogP contribution in [0.3, 0.4) is 0 Å². The van der Waals surface area contributed by atoms with Gasteiger partial charge in [0.15, 0.2) is 17.2 Å². The number of hydrogen-bond donors (Lipinski definition) is 1. The highest BCUT2D eigenvalue weighted by molar-refractivity contribution is 8.00. The molecule has 0 bridgehead atoms. The van der Waals surface area contributed by atoms with Gasteiger partial charge < -0.3 is 5.11 Å². The van der Waals surface area contributed by atoms with Crippen LogP contribution in [0.1, 0.15) is 18.7 Å². The molecule has 1 unspecified atom stereocenters. The lowest BCUT2D eigenvalue weighted by Gasteiger charge is -2.02. The summed E-state index contributed by atoms with van der Waals surface area (Å²) in [7, 11) is 0. The van der Waals surface area contributed by atoms with Crippen LogP contribution in [-0.4, -0.2) is 30.7 Å². The summed E-state index contributed by atoms with van der Waals surface area (Å²) in [4.78, 5) is 4.36. The molecule has 16 heavy (non-hydrogen) atoms. The van der Waals surface area contributed by atoms with E-state index in [9.17, 15) is 5.11 Å². The first-order valence-corrected chi connectivity index (χ1v) is 6.52. The lowest BCUT2D eigenvalue weighted by Crippen LogP contribution is -2.03.